The first-order chi connectivity index (χ1) is 7.17. The molecule has 0 aromatic carbocycles. The van der Waals surface area contributed by atoms with E-state index >= 15 is 0 Å². The molecule has 3 nitrogen and oxygen atoms in total. The molecule has 1 saturated carbocycles. The Morgan fingerprint density at radius 3 is 2.73 bits per heavy atom. The molecule has 86 valence electrons. The summed E-state index contributed by atoms with van der Waals surface area (Å²) in [5.74, 6) is 0.673. The molecule has 1 aliphatic heterocycles. The van der Waals surface area contributed by atoms with Crippen molar-refractivity contribution in [2.75, 3.05) is 12.5 Å². The van der Waals surface area contributed by atoms with Crippen molar-refractivity contribution in [2.24, 2.45) is 5.92 Å². The molecule has 2 unspecified atom stereocenters. The summed E-state index contributed by atoms with van der Waals surface area (Å²) in [4.78, 5) is 12.0. The fraction of sp³-hybridized carbons (Fsp3) is 0.909. The molecule has 2 rings (SSSR count). The van der Waals surface area contributed by atoms with Gasteiger partial charge < -0.3 is 10.1 Å². The lowest BCUT2D eigenvalue weighted by Crippen LogP contribution is -2.56. The van der Waals surface area contributed by atoms with E-state index in [-0.39, 0.29) is 23.5 Å². The predicted molar refractivity (Wildman–Crippen MR) is 59.0 cm³/mol. The van der Waals surface area contributed by atoms with Crippen LogP contribution in [0.15, 0.2) is 0 Å². The van der Waals surface area contributed by atoms with Crippen molar-refractivity contribution < 1.29 is 9.53 Å². The van der Waals surface area contributed by atoms with Crippen LogP contribution in [0.4, 0.5) is 0 Å². The van der Waals surface area contributed by atoms with E-state index in [1.807, 2.05) is 6.92 Å². The molecule has 2 atom stereocenters. The van der Waals surface area contributed by atoms with Crippen molar-refractivity contribution in [3.8, 4) is 0 Å². The van der Waals surface area contributed by atoms with Gasteiger partial charge in [-0.05, 0) is 32.6 Å². The number of hydrogen-bond donors (Lipinski definition) is 1. The number of rotatable bonds is 3. The minimum Gasteiger partial charge on any atom is -0.378 e. The Morgan fingerprint density at radius 2 is 2.33 bits per heavy atom. The molecule has 1 aliphatic carbocycles. The second kappa shape index (κ2) is 4.30. The lowest BCUT2D eigenvalue weighted by molar-refractivity contribution is -0.129. The monoisotopic (exact) mass is 231 g/mol. The molecule has 1 saturated heterocycles. The highest BCUT2D eigenvalue weighted by atomic mass is 35.5. The van der Waals surface area contributed by atoms with Crippen molar-refractivity contribution in [3.63, 3.8) is 0 Å². The highest BCUT2D eigenvalue weighted by molar-refractivity contribution is 6.18. The predicted octanol–water partition coefficient (Wildman–Crippen LogP) is 1.69. The van der Waals surface area contributed by atoms with E-state index in [0.717, 1.165) is 19.3 Å². The highest BCUT2D eigenvalue weighted by Gasteiger charge is 2.40. The topological polar surface area (TPSA) is 38.3 Å². The van der Waals surface area contributed by atoms with E-state index in [1.54, 1.807) is 0 Å². The molecular weight excluding hydrogens is 214 g/mol. The molecule has 2 fully saturated rings. The number of halogens is 1. The highest BCUT2D eigenvalue weighted by Crippen LogP contribution is 2.34. The molecule has 0 radical (unpaired) electrons. The summed E-state index contributed by atoms with van der Waals surface area (Å²) in [5, 5.41) is 3.10. The van der Waals surface area contributed by atoms with Crippen LogP contribution < -0.4 is 5.32 Å². The molecule has 0 bridgehead atoms. The lowest BCUT2D eigenvalue weighted by Gasteiger charge is -2.41. The summed E-state index contributed by atoms with van der Waals surface area (Å²) in [5.41, 5.74) is -0.110. The summed E-state index contributed by atoms with van der Waals surface area (Å²) in [6.45, 7) is 2.67. The molecule has 1 N–H and O–H groups in total. The van der Waals surface area contributed by atoms with Gasteiger partial charge in [0.05, 0.1) is 17.6 Å². The fourth-order valence-electron chi connectivity index (χ4n) is 2.33. The second-order valence-corrected chi connectivity index (χ2v) is 5.00. The Bertz CT molecular complexity index is 247. The van der Waals surface area contributed by atoms with Crippen molar-refractivity contribution in [1.29, 1.82) is 0 Å². The van der Waals surface area contributed by atoms with Crippen LogP contribution in [0.2, 0.25) is 0 Å². The number of carbonyl (C=O) groups is 1. The molecular formula is C11H18ClNO2. The lowest BCUT2D eigenvalue weighted by atomic mass is 9.78. The van der Waals surface area contributed by atoms with Crippen molar-refractivity contribution in [3.05, 3.63) is 0 Å². The van der Waals surface area contributed by atoms with Crippen LogP contribution in [0.3, 0.4) is 0 Å². The Morgan fingerprint density at radius 1 is 1.60 bits per heavy atom. The first-order valence-corrected chi connectivity index (χ1v) is 6.20. The van der Waals surface area contributed by atoms with Gasteiger partial charge in [0.2, 0.25) is 5.91 Å². The average Bonchev–Trinajstić information content (AvgIpc) is 2.58. The van der Waals surface area contributed by atoms with Gasteiger partial charge in [-0.3, -0.25) is 4.79 Å². The third-order valence-corrected chi connectivity index (χ3v) is 4.18. The summed E-state index contributed by atoms with van der Waals surface area (Å²) in [7, 11) is 0. The maximum Gasteiger partial charge on any atom is 0.226 e. The van der Waals surface area contributed by atoms with Gasteiger partial charge in [0, 0.05) is 12.5 Å². The van der Waals surface area contributed by atoms with Gasteiger partial charge in [-0.2, -0.15) is 0 Å². The Kier molecular flexibility index (Phi) is 3.21. The summed E-state index contributed by atoms with van der Waals surface area (Å²) >= 11 is 5.90. The Hall–Kier alpha value is -0.280. The number of hydrogen-bond acceptors (Lipinski definition) is 2. The second-order valence-electron chi connectivity index (χ2n) is 4.73. The van der Waals surface area contributed by atoms with Gasteiger partial charge in [0.25, 0.3) is 0 Å². The van der Waals surface area contributed by atoms with Crippen LogP contribution in [-0.2, 0) is 9.53 Å². The van der Waals surface area contributed by atoms with E-state index in [9.17, 15) is 4.79 Å². The van der Waals surface area contributed by atoms with E-state index in [1.165, 1.54) is 6.42 Å². The molecule has 0 spiro atoms. The van der Waals surface area contributed by atoms with Crippen LogP contribution in [-0.4, -0.2) is 30.0 Å². The first-order valence-electron chi connectivity index (χ1n) is 5.66. The quantitative estimate of drug-likeness (QED) is 0.751. The van der Waals surface area contributed by atoms with E-state index in [4.69, 9.17) is 16.3 Å². The summed E-state index contributed by atoms with van der Waals surface area (Å²) in [6.07, 6.45) is 4.10. The van der Waals surface area contributed by atoms with E-state index < -0.39 is 0 Å². The normalized spacial score (nSPS) is 33.5. The fourth-order valence-corrected chi connectivity index (χ4v) is 2.66. The molecule has 2 aliphatic rings. The molecule has 15 heavy (non-hydrogen) atoms. The van der Waals surface area contributed by atoms with Crippen LogP contribution in [0.25, 0.3) is 0 Å². The van der Waals surface area contributed by atoms with Gasteiger partial charge in [0.15, 0.2) is 0 Å². The minimum atomic E-state index is -0.110. The van der Waals surface area contributed by atoms with Crippen molar-refractivity contribution in [2.45, 2.75) is 44.2 Å². The average molecular weight is 232 g/mol. The van der Waals surface area contributed by atoms with Gasteiger partial charge in [-0.1, -0.05) is 0 Å². The first kappa shape index (κ1) is 11.2. The standard InChI is InChI=1S/C11H18ClNO2/c1-8-9(3-6-15-8)10(14)13-11(7-12)4-2-5-11/h8-9H,2-7H2,1H3,(H,13,14). The Balaban J connectivity index is 1.91. The number of nitrogens with one attached hydrogen (secondary N) is 1. The van der Waals surface area contributed by atoms with Crippen LogP contribution in [0.1, 0.15) is 32.6 Å². The van der Waals surface area contributed by atoms with Gasteiger partial charge in [-0.15, -0.1) is 11.6 Å². The van der Waals surface area contributed by atoms with E-state index in [2.05, 4.69) is 5.32 Å². The molecule has 0 aromatic heterocycles. The number of ether oxygens (including phenoxy) is 1. The number of carbonyl (C=O) groups excluding carboxylic acids is 1. The largest absolute Gasteiger partial charge is 0.378 e. The zero-order valence-corrected chi connectivity index (χ0v) is 9.85. The third kappa shape index (κ3) is 2.13. The zero-order valence-electron chi connectivity index (χ0n) is 9.09. The Labute approximate surface area is 95.5 Å². The van der Waals surface area contributed by atoms with Gasteiger partial charge in [0.1, 0.15) is 0 Å². The van der Waals surface area contributed by atoms with Crippen LogP contribution in [0, 0.1) is 5.92 Å². The maximum atomic E-state index is 12.0. The third-order valence-electron chi connectivity index (χ3n) is 3.67. The molecule has 1 heterocycles. The van der Waals surface area contributed by atoms with Crippen molar-refractivity contribution >= 4 is 17.5 Å². The number of amides is 1. The van der Waals surface area contributed by atoms with Crippen molar-refractivity contribution in [1.82, 2.24) is 5.32 Å². The number of alkyl halides is 1. The summed E-state index contributed by atoms with van der Waals surface area (Å²) < 4.78 is 5.39. The molecule has 4 heteroatoms. The van der Waals surface area contributed by atoms with Gasteiger partial charge >= 0.3 is 0 Å². The smallest absolute Gasteiger partial charge is 0.226 e. The molecule has 0 aromatic rings. The van der Waals surface area contributed by atoms with Crippen LogP contribution >= 0.6 is 11.6 Å². The zero-order chi connectivity index (χ0) is 10.9. The SMILES string of the molecule is CC1OCCC1C(=O)NC1(CCl)CCC1. The van der Waals surface area contributed by atoms with Crippen LogP contribution in [0.5, 0.6) is 0 Å². The minimum absolute atomic E-state index is 0.0192. The van der Waals surface area contributed by atoms with Gasteiger partial charge in [-0.25, -0.2) is 0 Å². The summed E-state index contributed by atoms with van der Waals surface area (Å²) in [6, 6.07) is 0. The molecule has 1 amide bonds. The van der Waals surface area contributed by atoms with E-state index in [0.29, 0.717) is 12.5 Å². The maximum absolute atomic E-state index is 12.0.